The first-order chi connectivity index (χ1) is 11.6. The highest BCUT2D eigenvalue weighted by Crippen LogP contribution is 2.36. The van der Waals surface area contributed by atoms with Crippen molar-refractivity contribution in [3.63, 3.8) is 0 Å². The third-order valence-corrected chi connectivity index (χ3v) is 4.93. The number of carbonyl (C=O) groups excluding carboxylic acids is 1. The van der Waals surface area contributed by atoms with Crippen LogP contribution in [0.4, 0.5) is 0 Å². The van der Waals surface area contributed by atoms with Gasteiger partial charge in [0.1, 0.15) is 0 Å². The second-order valence-corrected chi connectivity index (χ2v) is 6.72. The third kappa shape index (κ3) is 3.58. The van der Waals surface area contributed by atoms with E-state index >= 15 is 0 Å². The van der Waals surface area contributed by atoms with E-state index < -0.39 is 0 Å². The monoisotopic (exact) mass is 324 g/mol. The summed E-state index contributed by atoms with van der Waals surface area (Å²) in [6.07, 6.45) is 7.48. The van der Waals surface area contributed by atoms with Crippen LogP contribution in [0.15, 0.2) is 53.5 Å². The average molecular weight is 324 g/mol. The fourth-order valence-corrected chi connectivity index (χ4v) is 3.61. The summed E-state index contributed by atoms with van der Waals surface area (Å²) < 4.78 is 1.59. The number of benzene rings is 1. The number of amides is 1. The first-order valence-electron chi connectivity index (χ1n) is 8.61. The molecule has 4 nitrogen and oxygen atoms in total. The molecule has 3 rings (SSSR count). The average Bonchev–Trinajstić information content (AvgIpc) is 2.59. The Morgan fingerprint density at radius 1 is 1.08 bits per heavy atom. The second kappa shape index (κ2) is 7.04. The van der Waals surface area contributed by atoms with Gasteiger partial charge in [0.05, 0.1) is 12.0 Å². The molecule has 1 saturated carbocycles. The minimum absolute atomic E-state index is 0.0275. The first kappa shape index (κ1) is 16.5. The van der Waals surface area contributed by atoms with Gasteiger partial charge in [-0.2, -0.15) is 0 Å². The number of aryl methyl sites for hydroxylation is 1. The van der Waals surface area contributed by atoms with E-state index in [4.69, 9.17) is 0 Å². The van der Waals surface area contributed by atoms with Crippen LogP contribution in [0.3, 0.4) is 0 Å². The highest BCUT2D eigenvalue weighted by atomic mass is 16.1. The molecule has 1 aliphatic carbocycles. The van der Waals surface area contributed by atoms with E-state index in [1.807, 2.05) is 42.6 Å². The summed E-state index contributed by atoms with van der Waals surface area (Å²) in [7, 11) is 1.76. The second-order valence-electron chi connectivity index (χ2n) is 6.72. The molecule has 1 aliphatic rings. The highest BCUT2D eigenvalue weighted by molar-refractivity contribution is 5.79. The Morgan fingerprint density at radius 3 is 2.46 bits per heavy atom. The van der Waals surface area contributed by atoms with E-state index in [0.29, 0.717) is 6.42 Å². The molecule has 0 radical (unpaired) electrons. The lowest BCUT2D eigenvalue weighted by Gasteiger charge is -2.39. The fraction of sp³-hybridized carbons (Fsp3) is 0.400. The van der Waals surface area contributed by atoms with Gasteiger partial charge >= 0.3 is 0 Å². The lowest BCUT2D eigenvalue weighted by atomic mass is 9.77. The van der Waals surface area contributed by atoms with E-state index in [9.17, 15) is 9.59 Å². The quantitative estimate of drug-likeness (QED) is 0.940. The molecular formula is C20H24N2O2. The molecule has 0 bridgehead atoms. The molecule has 0 aliphatic heterocycles. The van der Waals surface area contributed by atoms with Gasteiger partial charge in [0.15, 0.2) is 0 Å². The van der Waals surface area contributed by atoms with Gasteiger partial charge in [-0.3, -0.25) is 9.59 Å². The summed E-state index contributed by atoms with van der Waals surface area (Å²) in [6, 6.07) is 13.3. The summed E-state index contributed by atoms with van der Waals surface area (Å²) in [5, 5.41) is 3.29. The summed E-state index contributed by atoms with van der Waals surface area (Å²) in [6.45, 7) is 0. The molecule has 1 N–H and O–H groups in total. The molecule has 1 fully saturated rings. The summed E-state index contributed by atoms with van der Waals surface area (Å²) in [4.78, 5) is 24.3. The molecule has 0 atom stereocenters. The van der Waals surface area contributed by atoms with Crippen molar-refractivity contribution in [1.82, 2.24) is 9.88 Å². The van der Waals surface area contributed by atoms with Crippen molar-refractivity contribution < 1.29 is 4.79 Å². The van der Waals surface area contributed by atoms with Gasteiger partial charge in [-0.1, -0.05) is 49.6 Å². The van der Waals surface area contributed by atoms with Crippen molar-refractivity contribution in [2.45, 2.75) is 44.1 Å². The lowest BCUT2D eigenvalue weighted by molar-refractivity contribution is -0.123. The predicted octanol–water partition coefficient (Wildman–Crippen LogP) is 2.90. The van der Waals surface area contributed by atoms with Gasteiger partial charge in [-0.05, 0) is 30.0 Å². The maximum Gasteiger partial charge on any atom is 0.250 e. The van der Waals surface area contributed by atoms with E-state index in [-0.39, 0.29) is 17.0 Å². The van der Waals surface area contributed by atoms with Gasteiger partial charge in [-0.15, -0.1) is 0 Å². The van der Waals surface area contributed by atoms with Gasteiger partial charge in [0.2, 0.25) is 11.5 Å². The van der Waals surface area contributed by atoms with Gasteiger partial charge in [0.25, 0.3) is 0 Å². The van der Waals surface area contributed by atoms with Crippen LogP contribution in [-0.2, 0) is 23.8 Å². The molecule has 1 heterocycles. The maximum absolute atomic E-state index is 12.6. The fourth-order valence-electron chi connectivity index (χ4n) is 3.61. The smallest absolute Gasteiger partial charge is 0.250 e. The normalized spacial score (nSPS) is 16.5. The Labute approximate surface area is 142 Å². The zero-order valence-electron chi connectivity index (χ0n) is 14.1. The van der Waals surface area contributed by atoms with Crippen molar-refractivity contribution in [3.8, 4) is 0 Å². The van der Waals surface area contributed by atoms with E-state index in [0.717, 1.165) is 36.8 Å². The summed E-state index contributed by atoms with van der Waals surface area (Å²) in [5.41, 5.74) is 1.67. The van der Waals surface area contributed by atoms with Gasteiger partial charge in [-0.25, -0.2) is 0 Å². The summed E-state index contributed by atoms with van der Waals surface area (Å²) in [5.74, 6) is 0.0388. The Bertz CT molecular complexity index is 759. The minimum Gasteiger partial charge on any atom is -0.346 e. The van der Waals surface area contributed by atoms with E-state index in [1.54, 1.807) is 17.7 Å². The molecule has 1 aromatic carbocycles. The molecule has 24 heavy (non-hydrogen) atoms. The first-order valence-corrected chi connectivity index (χ1v) is 8.61. The molecule has 0 spiro atoms. The molecule has 1 aromatic heterocycles. The van der Waals surface area contributed by atoms with Crippen LogP contribution in [0.1, 0.15) is 43.2 Å². The highest BCUT2D eigenvalue weighted by Gasteiger charge is 2.35. The van der Waals surface area contributed by atoms with Crippen LogP contribution in [0.25, 0.3) is 0 Å². The van der Waals surface area contributed by atoms with Crippen LogP contribution in [0.2, 0.25) is 0 Å². The molecule has 0 saturated heterocycles. The van der Waals surface area contributed by atoms with Crippen LogP contribution in [0, 0.1) is 0 Å². The number of aromatic nitrogens is 1. The van der Waals surface area contributed by atoms with Crippen molar-refractivity contribution in [1.29, 1.82) is 0 Å². The molecule has 4 heteroatoms. The van der Waals surface area contributed by atoms with E-state index in [2.05, 4.69) is 5.32 Å². The summed E-state index contributed by atoms with van der Waals surface area (Å²) >= 11 is 0. The van der Waals surface area contributed by atoms with Crippen molar-refractivity contribution in [2.24, 2.45) is 7.05 Å². The van der Waals surface area contributed by atoms with Crippen LogP contribution in [0.5, 0.6) is 0 Å². The molecular weight excluding hydrogens is 300 g/mol. The molecule has 2 aromatic rings. The number of carbonyl (C=O) groups is 1. The zero-order chi connectivity index (χ0) is 17.0. The Hall–Kier alpha value is -2.36. The largest absolute Gasteiger partial charge is 0.346 e. The maximum atomic E-state index is 12.6. The van der Waals surface area contributed by atoms with E-state index in [1.165, 1.54) is 6.42 Å². The van der Waals surface area contributed by atoms with Crippen molar-refractivity contribution in [2.75, 3.05) is 0 Å². The number of nitrogens with zero attached hydrogens (tertiary/aromatic N) is 1. The zero-order valence-corrected chi connectivity index (χ0v) is 14.1. The van der Waals surface area contributed by atoms with Gasteiger partial charge < -0.3 is 9.88 Å². The number of rotatable bonds is 4. The Balaban J connectivity index is 1.84. The predicted molar refractivity (Wildman–Crippen MR) is 94.7 cm³/mol. The topological polar surface area (TPSA) is 51.1 Å². The van der Waals surface area contributed by atoms with Crippen LogP contribution < -0.4 is 10.9 Å². The lowest BCUT2D eigenvalue weighted by Crippen LogP contribution is -2.48. The number of pyridine rings is 1. The Morgan fingerprint density at radius 2 is 1.79 bits per heavy atom. The number of hydrogen-bond donors (Lipinski definition) is 1. The molecule has 0 unspecified atom stereocenters. The molecule has 1 amide bonds. The molecule has 126 valence electrons. The van der Waals surface area contributed by atoms with Crippen molar-refractivity contribution >= 4 is 5.91 Å². The van der Waals surface area contributed by atoms with Gasteiger partial charge in [0, 0.05) is 19.3 Å². The number of nitrogens with one attached hydrogen (secondary N) is 1. The van der Waals surface area contributed by atoms with Crippen LogP contribution >= 0.6 is 0 Å². The van der Waals surface area contributed by atoms with Crippen LogP contribution in [-0.4, -0.2) is 10.5 Å². The Kier molecular flexibility index (Phi) is 4.84. The number of hydrogen-bond acceptors (Lipinski definition) is 2. The standard InChI is InChI=1S/C20H24N2O2/c1-22-15-17(10-11-19(22)24)20(12-6-3-7-13-20)21-18(23)14-16-8-4-2-5-9-16/h2,4-5,8-11,15H,3,6-7,12-14H2,1H3,(H,21,23). The SMILES string of the molecule is Cn1cc(C2(NC(=O)Cc3ccccc3)CCCCC2)ccc1=O. The minimum atomic E-state index is -0.352. The third-order valence-electron chi connectivity index (χ3n) is 4.93. The van der Waals surface area contributed by atoms with Crippen molar-refractivity contribution in [3.05, 3.63) is 70.1 Å².